The molecule has 0 saturated carbocycles. The van der Waals surface area contributed by atoms with Crippen molar-refractivity contribution >= 4 is 23.9 Å². The van der Waals surface area contributed by atoms with Crippen molar-refractivity contribution in [2.75, 3.05) is 26.4 Å². The summed E-state index contributed by atoms with van der Waals surface area (Å²) < 4.78 is 41.6. The lowest BCUT2D eigenvalue weighted by molar-refractivity contribution is -0.350. The van der Waals surface area contributed by atoms with Crippen molar-refractivity contribution < 1.29 is 57.1 Å². The second-order valence-corrected chi connectivity index (χ2v) is 7.45. The first kappa shape index (κ1) is 20.6. The molecule has 4 atom stereocenters. The Morgan fingerprint density at radius 2 is 0.719 bits per heavy atom. The van der Waals surface area contributed by atoms with E-state index in [0.717, 1.165) is 0 Å². The Bertz CT molecular complexity index is 854. The van der Waals surface area contributed by atoms with E-state index in [1.807, 2.05) is 0 Å². The number of hydrogen-bond donors (Lipinski definition) is 0. The lowest BCUT2D eigenvalue weighted by Crippen LogP contribution is -2.54. The average Bonchev–Trinajstić information content (AvgIpc) is 3.46. The molecular weight excluding hydrogens is 432 g/mol. The third kappa shape index (κ3) is 3.73. The maximum absolute atomic E-state index is 11.0. The summed E-state index contributed by atoms with van der Waals surface area (Å²) in [5, 5.41) is 0. The molecule has 0 aromatic heterocycles. The van der Waals surface area contributed by atoms with Crippen molar-refractivity contribution in [3.05, 3.63) is 48.6 Å². The van der Waals surface area contributed by atoms with Crippen molar-refractivity contribution in [1.82, 2.24) is 0 Å². The molecule has 0 unspecified atom stereocenters. The first-order chi connectivity index (χ1) is 15.2. The molecule has 4 spiro atoms. The zero-order chi connectivity index (χ0) is 22.5. The molecule has 6 heterocycles. The third-order valence-corrected chi connectivity index (χ3v) is 4.89. The van der Waals surface area contributed by atoms with Crippen LogP contribution in [0.5, 0.6) is 0 Å². The molecule has 0 aromatic carbocycles. The summed E-state index contributed by atoms with van der Waals surface area (Å²) in [4.78, 5) is 44.1. The Kier molecular flexibility index (Phi) is 4.57. The van der Waals surface area contributed by atoms with Crippen LogP contribution in [0.4, 0.5) is 0 Å². The third-order valence-electron chi connectivity index (χ3n) is 4.89. The maximum Gasteiger partial charge on any atom is 0.333 e. The summed E-state index contributed by atoms with van der Waals surface area (Å²) in [6.07, 6.45) is 10.8. The fraction of sp³-hybridized carbons (Fsp3) is 0.400. The van der Waals surface area contributed by atoms with Gasteiger partial charge in [-0.1, -0.05) is 0 Å². The highest BCUT2D eigenvalue weighted by atomic mass is 16.8. The molecule has 12 nitrogen and oxygen atoms in total. The number of rotatable bonds is 0. The van der Waals surface area contributed by atoms with Gasteiger partial charge in [-0.3, -0.25) is 9.47 Å². The van der Waals surface area contributed by atoms with Gasteiger partial charge in [0.2, 0.25) is 0 Å². The Morgan fingerprint density at radius 1 is 0.469 bits per heavy atom. The van der Waals surface area contributed by atoms with Crippen molar-refractivity contribution in [2.45, 2.75) is 23.1 Å². The van der Waals surface area contributed by atoms with Gasteiger partial charge in [-0.2, -0.15) is 0 Å². The molecule has 6 aliphatic rings. The van der Waals surface area contributed by atoms with Crippen LogP contribution in [0.15, 0.2) is 48.6 Å². The van der Waals surface area contributed by atoms with Crippen molar-refractivity contribution in [3.8, 4) is 0 Å². The van der Waals surface area contributed by atoms with Gasteiger partial charge in [-0.15, -0.1) is 0 Å². The predicted molar refractivity (Wildman–Crippen MR) is 95.7 cm³/mol. The fourth-order valence-electron chi connectivity index (χ4n) is 3.64. The highest BCUT2D eigenvalue weighted by Crippen LogP contribution is 2.37. The second kappa shape index (κ2) is 7.10. The number of carbonyl (C=O) groups excluding carboxylic acids is 4. The summed E-state index contributed by atoms with van der Waals surface area (Å²) in [6, 6.07) is 0. The van der Waals surface area contributed by atoms with Crippen LogP contribution in [-0.4, -0.2) is 73.5 Å². The Balaban J connectivity index is 0.000000135. The van der Waals surface area contributed by atoms with E-state index in [9.17, 15) is 19.2 Å². The van der Waals surface area contributed by atoms with Gasteiger partial charge in [0.15, 0.2) is 0 Å². The Hall–Kier alpha value is -3.32. The number of esters is 4. The maximum atomic E-state index is 11.0. The quantitative estimate of drug-likeness (QED) is 0.342. The van der Waals surface area contributed by atoms with Crippen LogP contribution in [0.2, 0.25) is 0 Å². The van der Waals surface area contributed by atoms with E-state index in [0.29, 0.717) is 0 Å². The average molecular weight is 448 g/mol. The van der Waals surface area contributed by atoms with Crippen molar-refractivity contribution in [2.24, 2.45) is 0 Å². The molecule has 0 aromatic rings. The van der Waals surface area contributed by atoms with Gasteiger partial charge in [0.25, 0.3) is 23.1 Å². The summed E-state index contributed by atoms with van der Waals surface area (Å²) in [6.45, 7) is 0.343. The van der Waals surface area contributed by atoms with Gasteiger partial charge in [0.05, 0.1) is 0 Å². The highest BCUT2D eigenvalue weighted by molar-refractivity contribution is 5.86. The normalized spacial score (nSPS) is 40.8. The molecule has 0 aliphatic carbocycles. The highest BCUT2D eigenvalue weighted by Gasteiger charge is 2.53. The zero-order valence-electron chi connectivity index (χ0n) is 16.3. The first-order valence-electron chi connectivity index (χ1n) is 9.48. The monoisotopic (exact) mass is 448 g/mol. The number of hydrogen-bond acceptors (Lipinski definition) is 12. The minimum absolute atomic E-state index is 0.0857. The predicted octanol–water partition coefficient (Wildman–Crippen LogP) is -0.696. The van der Waals surface area contributed by atoms with E-state index in [-0.39, 0.29) is 26.4 Å². The standard InChI is InChI=1S/2C10H8O6/c2*11-7-1-3-9(14-7)5-13-6-10(16-9)4-2-8(12)15-10/h2*1-4H,5-6H2/t2*9-,10-/m00/s1. The van der Waals surface area contributed by atoms with Gasteiger partial charge < -0.3 is 28.4 Å². The minimum Gasteiger partial charge on any atom is -0.423 e. The van der Waals surface area contributed by atoms with Gasteiger partial charge in [0, 0.05) is 24.3 Å². The lowest BCUT2D eigenvalue weighted by Gasteiger charge is -2.39. The Labute approximate surface area is 179 Å². The largest absolute Gasteiger partial charge is 0.423 e. The van der Waals surface area contributed by atoms with E-state index in [2.05, 4.69) is 0 Å². The molecule has 0 radical (unpaired) electrons. The van der Waals surface area contributed by atoms with Crippen LogP contribution in [0.1, 0.15) is 0 Å². The lowest BCUT2D eigenvalue weighted by atomic mass is 10.2. The smallest absolute Gasteiger partial charge is 0.333 e. The molecule has 12 heteroatoms. The SMILES string of the molecule is O=C1C=C[C@]2(COC[C@]3(C=CC(=O)O3)O2)O1.O=C1C=C[C@]2(COC[C@]3(C=CC(=O)O3)O2)O1. The molecule has 6 aliphatic heterocycles. The summed E-state index contributed by atoms with van der Waals surface area (Å²) >= 11 is 0. The van der Waals surface area contributed by atoms with Crippen LogP contribution in [-0.2, 0) is 57.1 Å². The van der Waals surface area contributed by atoms with Crippen LogP contribution < -0.4 is 0 Å². The first-order valence-corrected chi connectivity index (χ1v) is 9.48. The molecule has 2 fully saturated rings. The molecule has 0 N–H and O–H groups in total. The van der Waals surface area contributed by atoms with E-state index in [4.69, 9.17) is 37.9 Å². The van der Waals surface area contributed by atoms with E-state index in [1.165, 1.54) is 48.6 Å². The second-order valence-electron chi connectivity index (χ2n) is 7.45. The molecular formula is C20H16O12. The van der Waals surface area contributed by atoms with Crippen LogP contribution >= 0.6 is 0 Å². The van der Waals surface area contributed by atoms with E-state index in [1.54, 1.807) is 0 Å². The minimum atomic E-state index is -1.27. The van der Waals surface area contributed by atoms with Crippen molar-refractivity contribution in [1.29, 1.82) is 0 Å². The topological polar surface area (TPSA) is 142 Å². The Morgan fingerprint density at radius 3 is 0.906 bits per heavy atom. The molecule has 32 heavy (non-hydrogen) atoms. The molecule has 168 valence electrons. The van der Waals surface area contributed by atoms with Gasteiger partial charge in [0.1, 0.15) is 26.4 Å². The summed E-state index contributed by atoms with van der Waals surface area (Å²) in [5.74, 6) is -7.12. The number of ether oxygens (including phenoxy) is 8. The van der Waals surface area contributed by atoms with E-state index < -0.39 is 47.0 Å². The molecule has 2 saturated heterocycles. The zero-order valence-corrected chi connectivity index (χ0v) is 16.3. The van der Waals surface area contributed by atoms with Crippen LogP contribution in [0.3, 0.4) is 0 Å². The number of carbonyl (C=O) groups is 4. The summed E-state index contributed by atoms with van der Waals surface area (Å²) in [5.41, 5.74) is 0. The fourth-order valence-corrected chi connectivity index (χ4v) is 3.64. The van der Waals surface area contributed by atoms with Gasteiger partial charge in [-0.05, 0) is 24.3 Å². The molecule has 0 bridgehead atoms. The van der Waals surface area contributed by atoms with Gasteiger partial charge in [-0.25, -0.2) is 19.2 Å². The van der Waals surface area contributed by atoms with E-state index >= 15 is 0 Å². The van der Waals surface area contributed by atoms with Crippen LogP contribution in [0.25, 0.3) is 0 Å². The molecule has 6 rings (SSSR count). The summed E-state index contributed by atoms with van der Waals surface area (Å²) in [7, 11) is 0. The van der Waals surface area contributed by atoms with Crippen LogP contribution in [0, 0.1) is 0 Å². The van der Waals surface area contributed by atoms with Crippen molar-refractivity contribution in [3.63, 3.8) is 0 Å². The van der Waals surface area contributed by atoms with Gasteiger partial charge >= 0.3 is 23.9 Å². The molecule has 0 amide bonds.